The van der Waals surface area contributed by atoms with Crippen molar-refractivity contribution >= 4 is 35.4 Å². The number of rotatable bonds is 4. The first-order valence-electron chi connectivity index (χ1n) is 8.18. The molecule has 0 amide bonds. The number of fused-ring (bicyclic) bond motifs is 2. The van der Waals surface area contributed by atoms with Gasteiger partial charge in [0.15, 0.2) is 5.65 Å². The van der Waals surface area contributed by atoms with Gasteiger partial charge in [-0.15, -0.1) is 5.10 Å². The molecule has 134 valence electrons. The van der Waals surface area contributed by atoms with E-state index >= 15 is 0 Å². The van der Waals surface area contributed by atoms with Crippen LogP contribution in [-0.4, -0.2) is 47.6 Å². The van der Waals surface area contributed by atoms with E-state index in [9.17, 15) is 0 Å². The zero-order valence-electron chi connectivity index (χ0n) is 14.3. The first-order chi connectivity index (χ1) is 13.3. The molecule has 0 aromatic carbocycles. The van der Waals surface area contributed by atoms with Crippen LogP contribution in [0.2, 0.25) is 0 Å². The lowest BCUT2D eigenvalue weighted by Crippen LogP contribution is -2.35. The van der Waals surface area contributed by atoms with Gasteiger partial charge in [0, 0.05) is 41.6 Å². The summed E-state index contributed by atoms with van der Waals surface area (Å²) in [4.78, 5) is 13.3. The van der Waals surface area contributed by atoms with Crippen LogP contribution < -0.4 is 19.9 Å². The highest BCUT2D eigenvalue weighted by Crippen LogP contribution is 2.22. The summed E-state index contributed by atoms with van der Waals surface area (Å²) in [7, 11) is 1.58. The molecule has 1 N–H and O–H groups in total. The van der Waals surface area contributed by atoms with Crippen LogP contribution in [0.5, 0.6) is 5.88 Å². The second-order valence-corrected chi connectivity index (χ2v) is 6.64. The number of ether oxygens (including phenoxy) is 1. The van der Waals surface area contributed by atoms with Gasteiger partial charge in [-0.2, -0.15) is 9.36 Å². The lowest BCUT2D eigenvalue weighted by Gasteiger charge is -2.19. The Labute approximate surface area is 157 Å². The number of hydrogen-bond acceptors (Lipinski definition) is 9. The van der Waals surface area contributed by atoms with Crippen LogP contribution in [0.4, 0.5) is 5.95 Å². The minimum absolute atomic E-state index is 0.488. The van der Waals surface area contributed by atoms with Crippen LogP contribution in [0.3, 0.4) is 0 Å². The molecular weight excluding hydrogens is 364 g/mol. The van der Waals surface area contributed by atoms with E-state index in [1.165, 1.54) is 16.1 Å². The summed E-state index contributed by atoms with van der Waals surface area (Å²) < 4.78 is 12.2. The quantitative estimate of drug-likeness (QED) is 0.549. The van der Waals surface area contributed by atoms with E-state index in [1.807, 2.05) is 23.5 Å². The van der Waals surface area contributed by atoms with E-state index in [0.29, 0.717) is 29.7 Å². The molecule has 0 aliphatic carbocycles. The summed E-state index contributed by atoms with van der Waals surface area (Å²) in [5.74, 6) is 1.04. The zero-order chi connectivity index (χ0) is 18.2. The number of nitrogens with zero attached hydrogens (tertiary/aromatic N) is 7. The number of hydrogen-bond donors (Lipinski definition) is 1. The molecule has 0 saturated carbocycles. The molecular formula is C17H14N8OS. The summed E-state index contributed by atoms with van der Waals surface area (Å²) in [5.41, 5.74) is 5.40. The molecule has 4 aromatic rings. The third-order valence-corrected chi connectivity index (χ3v) is 4.92. The van der Waals surface area contributed by atoms with Crippen molar-refractivity contribution in [2.75, 3.05) is 19.1 Å². The Morgan fingerprint density at radius 1 is 1.22 bits per heavy atom. The second kappa shape index (κ2) is 6.32. The van der Waals surface area contributed by atoms with Crippen molar-refractivity contribution in [2.45, 2.75) is 0 Å². The van der Waals surface area contributed by atoms with Crippen LogP contribution in [0.1, 0.15) is 0 Å². The molecule has 5 rings (SSSR count). The van der Waals surface area contributed by atoms with Gasteiger partial charge in [0.05, 0.1) is 24.4 Å². The zero-order valence-corrected chi connectivity index (χ0v) is 15.1. The number of aromatic nitrogens is 6. The minimum Gasteiger partial charge on any atom is -0.481 e. The van der Waals surface area contributed by atoms with Gasteiger partial charge in [0.2, 0.25) is 5.88 Å². The second-order valence-electron chi connectivity index (χ2n) is 5.81. The topological polar surface area (TPSA) is 93.4 Å². The highest BCUT2D eigenvalue weighted by atomic mass is 32.1. The Balaban J connectivity index is 1.48. The van der Waals surface area contributed by atoms with E-state index in [-0.39, 0.29) is 0 Å². The number of pyridine rings is 1. The lowest BCUT2D eigenvalue weighted by molar-refractivity contribution is 0.398. The number of nitrogens with one attached hydrogen (secondary N) is 1. The molecule has 4 aromatic heterocycles. The van der Waals surface area contributed by atoms with E-state index in [1.54, 1.807) is 36.3 Å². The molecule has 1 aliphatic heterocycles. The summed E-state index contributed by atoms with van der Waals surface area (Å²) in [6.45, 7) is 0.707. The molecule has 0 atom stereocenters. The van der Waals surface area contributed by atoms with Crippen LogP contribution in [0.15, 0.2) is 36.9 Å². The van der Waals surface area contributed by atoms with Crippen molar-refractivity contribution in [1.82, 2.24) is 33.9 Å². The Hall–Kier alpha value is -3.53. The van der Waals surface area contributed by atoms with Gasteiger partial charge in [-0.3, -0.25) is 15.4 Å². The van der Waals surface area contributed by atoms with Crippen molar-refractivity contribution < 1.29 is 4.74 Å². The first kappa shape index (κ1) is 15.7. The van der Waals surface area contributed by atoms with Gasteiger partial charge in [-0.1, -0.05) is 0 Å². The van der Waals surface area contributed by atoms with Crippen LogP contribution in [0, 0.1) is 0 Å². The Kier molecular flexibility index (Phi) is 3.68. The molecule has 0 radical (unpaired) electrons. The Morgan fingerprint density at radius 2 is 2.19 bits per heavy atom. The Bertz CT molecular complexity index is 1230. The minimum atomic E-state index is 0.488. The predicted octanol–water partition coefficient (Wildman–Crippen LogP) is 0.513. The van der Waals surface area contributed by atoms with Gasteiger partial charge < -0.3 is 4.74 Å². The predicted molar refractivity (Wildman–Crippen MR) is 101 cm³/mol. The molecule has 0 fully saturated rings. The van der Waals surface area contributed by atoms with Crippen LogP contribution in [-0.2, 0) is 0 Å². The monoisotopic (exact) mass is 378 g/mol. The highest BCUT2D eigenvalue weighted by Gasteiger charge is 2.13. The third kappa shape index (κ3) is 2.85. The van der Waals surface area contributed by atoms with E-state index in [4.69, 9.17) is 4.74 Å². The average molecular weight is 378 g/mol. The van der Waals surface area contributed by atoms with Gasteiger partial charge in [0.1, 0.15) is 5.69 Å². The molecule has 9 nitrogen and oxygen atoms in total. The van der Waals surface area contributed by atoms with Crippen LogP contribution in [0.25, 0.3) is 29.2 Å². The molecule has 0 saturated heterocycles. The summed E-state index contributed by atoms with van der Waals surface area (Å²) in [6.07, 6.45) is 11.1. The molecule has 1 aliphatic rings. The standard InChI is InChI=1S/C17H14N8OS/c1-26-14-3-2-11(8-19-14)15-16-21-17(23-25(16)7-5-18-15)22-24-6-4-13-12(10-24)9-20-27-13/h2-5,7-10H,6H2,1H3,(H,22,23). The lowest BCUT2D eigenvalue weighted by atomic mass is 10.2. The number of anilines is 1. The normalized spacial score (nSPS) is 13.0. The van der Waals surface area contributed by atoms with Gasteiger partial charge in [-0.05, 0) is 23.7 Å². The van der Waals surface area contributed by atoms with E-state index < -0.39 is 0 Å². The maximum Gasteiger partial charge on any atom is 0.261 e. The van der Waals surface area contributed by atoms with E-state index in [0.717, 1.165) is 10.8 Å². The first-order valence-corrected chi connectivity index (χ1v) is 8.95. The molecule has 0 unspecified atom stereocenters. The smallest absolute Gasteiger partial charge is 0.261 e. The van der Waals surface area contributed by atoms with Crippen LogP contribution >= 0.6 is 11.5 Å². The molecule has 27 heavy (non-hydrogen) atoms. The number of methoxy groups -OCH3 is 1. The summed E-state index contributed by atoms with van der Waals surface area (Å²) in [6, 6.07) is 3.69. The fourth-order valence-corrected chi connectivity index (χ4v) is 3.47. The SMILES string of the molecule is COc1ccc(-c2nccn3nc(NN4C=c5cnsc5=CC4)nc23)cn1. The van der Waals surface area contributed by atoms with Gasteiger partial charge in [-0.25, -0.2) is 9.50 Å². The maximum atomic E-state index is 5.11. The summed E-state index contributed by atoms with van der Waals surface area (Å²) in [5, 5.41) is 7.49. The summed E-state index contributed by atoms with van der Waals surface area (Å²) >= 11 is 1.49. The number of hydrazine groups is 1. The average Bonchev–Trinajstić information content (AvgIpc) is 3.33. The highest BCUT2D eigenvalue weighted by molar-refractivity contribution is 7.03. The van der Waals surface area contributed by atoms with Gasteiger partial charge in [0.25, 0.3) is 5.95 Å². The largest absolute Gasteiger partial charge is 0.481 e. The fraction of sp³-hybridized carbons (Fsp3) is 0.118. The van der Waals surface area contributed by atoms with Crippen molar-refractivity contribution in [1.29, 1.82) is 0 Å². The van der Waals surface area contributed by atoms with Crippen molar-refractivity contribution in [3.63, 3.8) is 0 Å². The molecule has 0 spiro atoms. The van der Waals surface area contributed by atoms with Gasteiger partial charge >= 0.3 is 0 Å². The third-order valence-electron chi connectivity index (χ3n) is 4.11. The molecule has 0 bridgehead atoms. The molecule has 10 heteroatoms. The van der Waals surface area contributed by atoms with Crippen molar-refractivity contribution in [3.8, 4) is 17.1 Å². The van der Waals surface area contributed by atoms with Crippen molar-refractivity contribution in [2.24, 2.45) is 0 Å². The fourth-order valence-electron chi connectivity index (χ4n) is 2.83. The maximum absolute atomic E-state index is 5.11. The Morgan fingerprint density at radius 3 is 3.04 bits per heavy atom. The van der Waals surface area contributed by atoms with E-state index in [2.05, 4.69) is 35.9 Å². The molecule has 5 heterocycles. The van der Waals surface area contributed by atoms with Crippen molar-refractivity contribution in [3.05, 3.63) is 46.7 Å².